The van der Waals surface area contributed by atoms with Gasteiger partial charge in [0, 0.05) is 19.7 Å². The van der Waals surface area contributed by atoms with Crippen molar-refractivity contribution in [1.29, 1.82) is 0 Å². The average molecular weight is 452 g/mol. The van der Waals surface area contributed by atoms with E-state index in [2.05, 4.69) is 4.98 Å². The van der Waals surface area contributed by atoms with Crippen LogP contribution in [0.3, 0.4) is 0 Å². The van der Waals surface area contributed by atoms with Crippen LogP contribution in [0.4, 0.5) is 5.69 Å². The molecule has 8 heteroatoms. The number of hydrogen-bond acceptors (Lipinski definition) is 5. The molecule has 0 atom stereocenters. The van der Waals surface area contributed by atoms with E-state index < -0.39 is 10.0 Å². The predicted octanol–water partition coefficient (Wildman–Crippen LogP) is 4.39. The van der Waals surface area contributed by atoms with E-state index in [1.165, 1.54) is 34.8 Å². The van der Waals surface area contributed by atoms with Crippen molar-refractivity contribution in [2.75, 3.05) is 18.4 Å². The number of fused-ring (bicyclic) bond motifs is 1. The van der Waals surface area contributed by atoms with Crippen molar-refractivity contribution in [2.45, 2.75) is 11.4 Å². The SMILES string of the molecule is CN(Cc1nc2ccccc2s1)C(=O)c1cccc(S(=O)(=O)N(C)c2ccccc2)c1. The zero-order valence-corrected chi connectivity index (χ0v) is 18.7. The number of para-hydroxylation sites is 2. The molecular weight excluding hydrogens is 430 g/mol. The molecule has 0 spiro atoms. The van der Waals surface area contributed by atoms with Crippen LogP contribution in [0.1, 0.15) is 15.4 Å². The molecule has 4 rings (SSSR count). The summed E-state index contributed by atoms with van der Waals surface area (Å²) in [5.41, 5.74) is 1.76. The highest BCUT2D eigenvalue weighted by Crippen LogP contribution is 2.24. The largest absolute Gasteiger partial charge is 0.335 e. The van der Waals surface area contributed by atoms with Gasteiger partial charge in [0.1, 0.15) is 5.01 Å². The van der Waals surface area contributed by atoms with E-state index in [9.17, 15) is 13.2 Å². The van der Waals surface area contributed by atoms with E-state index >= 15 is 0 Å². The van der Waals surface area contributed by atoms with Crippen molar-refractivity contribution in [3.05, 3.63) is 89.4 Å². The molecule has 1 heterocycles. The van der Waals surface area contributed by atoms with Crippen LogP contribution in [0, 0.1) is 0 Å². The highest BCUT2D eigenvalue weighted by atomic mass is 32.2. The normalized spacial score (nSPS) is 11.4. The maximum Gasteiger partial charge on any atom is 0.264 e. The van der Waals surface area contributed by atoms with Gasteiger partial charge in [0.05, 0.1) is 27.3 Å². The van der Waals surface area contributed by atoms with Gasteiger partial charge in [-0.2, -0.15) is 0 Å². The van der Waals surface area contributed by atoms with Gasteiger partial charge in [0.15, 0.2) is 0 Å². The first-order chi connectivity index (χ1) is 14.9. The second kappa shape index (κ2) is 8.49. The minimum absolute atomic E-state index is 0.0677. The fourth-order valence-electron chi connectivity index (χ4n) is 3.21. The van der Waals surface area contributed by atoms with Gasteiger partial charge in [0.25, 0.3) is 15.9 Å². The summed E-state index contributed by atoms with van der Waals surface area (Å²) in [5, 5.41) is 0.824. The van der Waals surface area contributed by atoms with Gasteiger partial charge in [-0.3, -0.25) is 9.10 Å². The van der Waals surface area contributed by atoms with Crippen LogP contribution in [0.25, 0.3) is 10.2 Å². The summed E-state index contributed by atoms with van der Waals surface area (Å²) in [6.07, 6.45) is 0. The molecule has 0 radical (unpaired) electrons. The molecule has 1 amide bonds. The van der Waals surface area contributed by atoms with E-state index in [4.69, 9.17) is 0 Å². The molecule has 31 heavy (non-hydrogen) atoms. The van der Waals surface area contributed by atoms with Gasteiger partial charge >= 0.3 is 0 Å². The Bertz CT molecular complexity index is 1300. The van der Waals surface area contributed by atoms with Gasteiger partial charge in [0.2, 0.25) is 0 Å². The van der Waals surface area contributed by atoms with Crippen molar-refractivity contribution in [3.63, 3.8) is 0 Å². The van der Waals surface area contributed by atoms with Crippen molar-refractivity contribution in [1.82, 2.24) is 9.88 Å². The molecule has 0 fully saturated rings. The predicted molar refractivity (Wildman–Crippen MR) is 124 cm³/mol. The first kappa shape index (κ1) is 21.0. The van der Waals surface area contributed by atoms with E-state index in [0.717, 1.165) is 15.2 Å². The Labute approximate surface area is 185 Å². The van der Waals surface area contributed by atoms with E-state index in [1.54, 1.807) is 48.3 Å². The van der Waals surface area contributed by atoms with Gasteiger partial charge in [-0.1, -0.05) is 36.4 Å². The third-order valence-electron chi connectivity index (χ3n) is 4.92. The molecule has 0 unspecified atom stereocenters. The number of amides is 1. The lowest BCUT2D eigenvalue weighted by Gasteiger charge is -2.20. The first-order valence-electron chi connectivity index (χ1n) is 9.60. The van der Waals surface area contributed by atoms with Gasteiger partial charge in [-0.05, 0) is 42.5 Å². The monoisotopic (exact) mass is 451 g/mol. The number of hydrogen-bond donors (Lipinski definition) is 0. The molecule has 158 valence electrons. The van der Waals surface area contributed by atoms with Crippen molar-refractivity contribution < 1.29 is 13.2 Å². The minimum atomic E-state index is -3.80. The summed E-state index contributed by atoms with van der Waals surface area (Å²) in [6.45, 7) is 0.346. The quantitative estimate of drug-likeness (QED) is 0.436. The van der Waals surface area contributed by atoms with Crippen LogP contribution in [-0.4, -0.2) is 38.3 Å². The number of sulfonamides is 1. The first-order valence-corrected chi connectivity index (χ1v) is 11.9. The summed E-state index contributed by atoms with van der Waals surface area (Å²) in [6, 6.07) is 22.8. The highest BCUT2D eigenvalue weighted by molar-refractivity contribution is 7.92. The molecule has 6 nitrogen and oxygen atoms in total. The van der Waals surface area contributed by atoms with Crippen molar-refractivity contribution in [3.8, 4) is 0 Å². The smallest absolute Gasteiger partial charge is 0.264 e. The number of thiazole rings is 1. The molecule has 1 aromatic heterocycles. The number of nitrogens with zero attached hydrogens (tertiary/aromatic N) is 3. The summed E-state index contributed by atoms with van der Waals surface area (Å²) in [7, 11) is -0.613. The van der Waals surface area contributed by atoms with Crippen LogP contribution in [-0.2, 0) is 16.6 Å². The van der Waals surface area contributed by atoms with E-state index in [0.29, 0.717) is 17.8 Å². The molecular formula is C23H21N3O3S2. The van der Waals surface area contributed by atoms with Crippen LogP contribution in [0.15, 0.2) is 83.8 Å². The van der Waals surface area contributed by atoms with Crippen molar-refractivity contribution >= 4 is 43.2 Å². The van der Waals surface area contributed by atoms with E-state index in [1.807, 2.05) is 30.3 Å². The molecule has 0 aliphatic carbocycles. The van der Waals surface area contributed by atoms with Gasteiger partial charge in [-0.25, -0.2) is 13.4 Å². The minimum Gasteiger partial charge on any atom is -0.335 e. The summed E-state index contributed by atoms with van der Waals surface area (Å²) < 4.78 is 28.4. The maximum atomic E-state index is 13.1. The summed E-state index contributed by atoms with van der Waals surface area (Å²) in [4.78, 5) is 19.2. The fraction of sp³-hybridized carbons (Fsp3) is 0.130. The topological polar surface area (TPSA) is 70.6 Å². The Morgan fingerprint density at radius 3 is 2.39 bits per heavy atom. The van der Waals surface area contributed by atoms with Crippen LogP contribution in [0.2, 0.25) is 0 Å². The number of anilines is 1. The molecule has 0 bridgehead atoms. The molecule has 3 aromatic carbocycles. The lowest BCUT2D eigenvalue weighted by atomic mass is 10.2. The van der Waals surface area contributed by atoms with E-state index in [-0.39, 0.29) is 10.8 Å². The van der Waals surface area contributed by atoms with Crippen LogP contribution < -0.4 is 4.31 Å². The standard InChI is InChI=1S/C23H21N3O3S2/c1-25(16-22-24-20-13-6-7-14-21(20)30-22)23(27)17-9-8-12-19(15-17)31(28,29)26(2)18-10-4-3-5-11-18/h3-15H,16H2,1-2H3. The third kappa shape index (κ3) is 4.30. The van der Waals surface area contributed by atoms with Crippen molar-refractivity contribution in [2.24, 2.45) is 0 Å². The third-order valence-corrected chi connectivity index (χ3v) is 7.72. The Morgan fingerprint density at radius 1 is 0.935 bits per heavy atom. The average Bonchev–Trinajstić information content (AvgIpc) is 3.21. The van der Waals surface area contributed by atoms with Gasteiger partial charge < -0.3 is 4.90 Å². The van der Waals surface area contributed by atoms with Crippen LogP contribution in [0.5, 0.6) is 0 Å². The Hall–Kier alpha value is -3.23. The summed E-state index contributed by atoms with van der Waals surface area (Å²) >= 11 is 1.54. The number of benzene rings is 3. The molecule has 0 aliphatic heterocycles. The lowest BCUT2D eigenvalue weighted by molar-refractivity contribution is 0.0785. The zero-order valence-electron chi connectivity index (χ0n) is 17.1. The number of carbonyl (C=O) groups is 1. The second-order valence-corrected chi connectivity index (χ2v) is 10.2. The molecule has 0 saturated heterocycles. The number of aromatic nitrogens is 1. The molecule has 0 aliphatic rings. The molecule has 0 N–H and O–H groups in total. The summed E-state index contributed by atoms with van der Waals surface area (Å²) in [5.74, 6) is -0.265. The Kier molecular flexibility index (Phi) is 5.75. The Balaban J connectivity index is 1.56. The van der Waals surface area contributed by atoms with Crippen LogP contribution >= 0.6 is 11.3 Å². The van der Waals surface area contributed by atoms with Gasteiger partial charge in [-0.15, -0.1) is 11.3 Å². The molecule has 4 aromatic rings. The Morgan fingerprint density at radius 2 is 1.65 bits per heavy atom. The highest BCUT2D eigenvalue weighted by Gasteiger charge is 2.23. The zero-order chi connectivity index (χ0) is 22.0. The fourth-order valence-corrected chi connectivity index (χ4v) is 5.47. The number of rotatable bonds is 6. The number of carbonyl (C=O) groups excluding carboxylic acids is 1. The molecule has 0 saturated carbocycles. The second-order valence-electron chi connectivity index (χ2n) is 7.07. The lowest BCUT2D eigenvalue weighted by Crippen LogP contribution is -2.28. The maximum absolute atomic E-state index is 13.1.